The third-order valence-corrected chi connectivity index (χ3v) is 5.41. The van der Waals surface area contributed by atoms with E-state index in [1.807, 2.05) is 0 Å². The maximum absolute atomic E-state index is 3.51. The van der Waals surface area contributed by atoms with Crippen LogP contribution in [0.1, 0.15) is 56.6 Å². The number of hydrogen-bond acceptors (Lipinski definition) is 2. The molecule has 0 bridgehead atoms. The van der Waals surface area contributed by atoms with E-state index in [4.69, 9.17) is 0 Å². The van der Waals surface area contributed by atoms with Crippen LogP contribution in [-0.2, 0) is 6.54 Å². The minimum Gasteiger partial charge on any atom is -0.368 e. The second-order valence-electron chi connectivity index (χ2n) is 6.88. The van der Waals surface area contributed by atoms with Crippen molar-refractivity contribution >= 4 is 5.69 Å². The molecular weight excluding hydrogens is 256 g/mol. The number of benzene rings is 1. The molecule has 21 heavy (non-hydrogen) atoms. The number of hydrogen-bond donors (Lipinski definition) is 1. The Morgan fingerprint density at radius 3 is 2.86 bits per heavy atom. The first-order valence-corrected chi connectivity index (χ1v) is 8.86. The molecule has 1 saturated heterocycles. The van der Waals surface area contributed by atoms with E-state index < -0.39 is 0 Å². The molecule has 1 saturated carbocycles. The number of fused-ring (bicyclic) bond motifs is 1. The van der Waals surface area contributed by atoms with Gasteiger partial charge in [0.1, 0.15) is 0 Å². The fraction of sp³-hybridized carbons (Fsp3) is 0.684. The van der Waals surface area contributed by atoms with Crippen molar-refractivity contribution < 1.29 is 0 Å². The van der Waals surface area contributed by atoms with Crippen LogP contribution in [0, 0.1) is 12.8 Å². The van der Waals surface area contributed by atoms with E-state index in [0.29, 0.717) is 0 Å². The van der Waals surface area contributed by atoms with Crippen LogP contribution in [0.25, 0.3) is 0 Å². The lowest BCUT2D eigenvalue weighted by molar-refractivity contribution is 0.342. The van der Waals surface area contributed by atoms with Gasteiger partial charge >= 0.3 is 0 Å². The van der Waals surface area contributed by atoms with E-state index in [1.54, 1.807) is 0 Å². The lowest BCUT2D eigenvalue weighted by atomic mass is 9.85. The second kappa shape index (κ2) is 6.83. The van der Waals surface area contributed by atoms with E-state index in [9.17, 15) is 0 Å². The lowest BCUT2D eigenvalue weighted by Gasteiger charge is -2.33. The Kier molecular flexibility index (Phi) is 4.84. The molecule has 2 fully saturated rings. The van der Waals surface area contributed by atoms with Crippen LogP contribution < -0.4 is 10.2 Å². The maximum atomic E-state index is 3.51. The topological polar surface area (TPSA) is 15.3 Å². The number of anilines is 1. The molecule has 1 heterocycles. The van der Waals surface area contributed by atoms with Gasteiger partial charge in [0.25, 0.3) is 0 Å². The lowest BCUT2D eigenvalue weighted by Crippen LogP contribution is -2.34. The summed E-state index contributed by atoms with van der Waals surface area (Å²) in [5.41, 5.74) is 4.35. The zero-order valence-corrected chi connectivity index (χ0v) is 13.7. The van der Waals surface area contributed by atoms with Gasteiger partial charge in [-0.1, -0.05) is 25.8 Å². The quantitative estimate of drug-likeness (QED) is 0.813. The molecular formula is C19H30N2. The third kappa shape index (κ3) is 3.26. The summed E-state index contributed by atoms with van der Waals surface area (Å²) >= 11 is 0. The molecule has 0 aromatic heterocycles. The normalized spacial score (nSPS) is 25.1. The van der Waals surface area contributed by atoms with E-state index in [1.165, 1.54) is 61.9 Å². The van der Waals surface area contributed by atoms with E-state index in [2.05, 4.69) is 42.3 Å². The summed E-state index contributed by atoms with van der Waals surface area (Å²) in [5, 5.41) is 3.51. The van der Waals surface area contributed by atoms with Crippen molar-refractivity contribution in [3.63, 3.8) is 0 Å². The first kappa shape index (κ1) is 14.9. The SMILES string of the molecule is CCCNCc1ccc(N2CCC3CCCCC32)cc1C. The third-order valence-electron chi connectivity index (χ3n) is 5.41. The van der Waals surface area contributed by atoms with Gasteiger partial charge in [0, 0.05) is 24.8 Å². The molecule has 2 unspecified atom stereocenters. The average molecular weight is 286 g/mol. The van der Waals surface area contributed by atoms with Crippen LogP contribution in [0.5, 0.6) is 0 Å². The van der Waals surface area contributed by atoms with Gasteiger partial charge in [-0.25, -0.2) is 0 Å². The molecule has 1 aromatic carbocycles. The predicted octanol–water partition coefficient (Wildman–Crippen LogP) is 4.26. The molecule has 2 heteroatoms. The highest BCUT2D eigenvalue weighted by Crippen LogP contribution is 2.39. The fourth-order valence-electron chi connectivity index (χ4n) is 4.18. The van der Waals surface area contributed by atoms with Crippen LogP contribution >= 0.6 is 0 Å². The van der Waals surface area contributed by atoms with Crippen LogP contribution in [-0.4, -0.2) is 19.1 Å². The van der Waals surface area contributed by atoms with Crippen molar-refractivity contribution in [3.8, 4) is 0 Å². The molecule has 3 rings (SSSR count). The molecule has 1 aromatic rings. The molecule has 2 nitrogen and oxygen atoms in total. The summed E-state index contributed by atoms with van der Waals surface area (Å²) in [7, 11) is 0. The van der Waals surface area contributed by atoms with Gasteiger partial charge in [-0.15, -0.1) is 0 Å². The van der Waals surface area contributed by atoms with Gasteiger partial charge in [0.15, 0.2) is 0 Å². The Labute approximate surface area is 129 Å². The summed E-state index contributed by atoms with van der Waals surface area (Å²) in [6.45, 7) is 7.86. The molecule has 116 valence electrons. The van der Waals surface area contributed by atoms with Crippen LogP contribution in [0.15, 0.2) is 18.2 Å². The number of nitrogens with one attached hydrogen (secondary N) is 1. The number of aryl methyl sites for hydroxylation is 1. The van der Waals surface area contributed by atoms with Crippen LogP contribution in [0.4, 0.5) is 5.69 Å². The minimum absolute atomic E-state index is 0.821. The Bertz CT molecular complexity index is 469. The molecule has 0 amide bonds. The van der Waals surface area contributed by atoms with Crippen molar-refractivity contribution in [2.24, 2.45) is 5.92 Å². The predicted molar refractivity (Wildman–Crippen MR) is 90.9 cm³/mol. The first-order valence-electron chi connectivity index (χ1n) is 8.86. The minimum atomic E-state index is 0.821. The smallest absolute Gasteiger partial charge is 0.0371 e. The van der Waals surface area contributed by atoms with E-state index >= 15 is 0 Å². The average Bonchev–Trinajstić information content (AvgIpc) is 2.93. The molecule has 1 aliphatic carbocycles. The van der Waals surface area contributed by atoms with Crippen molar-refractivity contribution in [1.29, 1.82) is 0 Å². The van der Waals surface area contributed by atoms with Gasteiger partial charge in [0.05, 0.1) is 0 Å². The fourth-order valence-corrected chi connectivity index (χ4v) is 4.18. The molecule has 0 radical (unpaired) electrons. The van der Waals surface area contributed by atoms with Gasteiger partial charge in [-0.2, -0.15) is 0 Å². The van der Waals surface area contributed by atoms with Crippen molar-refractivity contribution in [3.05, 3.63) is 29.3 Å². The maximum Gasteiger partial charge on any atom is 0.0371 e. The monoisotopic (exact) mass is 286 g/mol. The van der Waals surface area contributed by atoms with Crippen molar-refractivity contribution in [2.75, 3.05) is 18.0 Å². The molecule has 2 atom stereocenters. The Hall–Kier alpha value is -1.02. The molecule has 0 spiro atoms. The van der Waals surface area contributed by atoms with Gasteiger partial charge in [-0.3, -0.25) is 0 Å². The highest BCUT2D eigenvalue weighted by Gasteiger charge is 2.35. The first-order chi connectivity index (χ1) is 10.3. The second-order valence-corrected chi connectivity index (χ2v) is 6.88. The van der Waals surface area contributed by atoms with Crippen LogP contribution in [0.3, 0.4) is 0 Å². The largest absolute Gasteiger partial charge is 0.368 e. The zero-order chi connectivity index (χ0) is 14.7. The Morgan fingerprint density at radius 1 is 1.19 bits per heavy atom. The van der Waals surface area contributed by atoms with Gasteiger partial charge in [0.2, 0.25) is 0 Å². The Balaban J connectivity index is 1.70. The van der Waals surface area contributed by atoms with Crippen molar-refractivity contribution in [1.82, 2.24) is 5.32 Å². The summed E-state index contributed by atoms with van der Waals surface area (Å²) in [4.78, 5) is 2.69. The number of nitrogens with zero attached hydrogens (tertiary/aromatic N) is 1. The molecule has 1 aliphatic heterocycles. The molecule has 1 N–H and O–H groups in total. The summed E-state index contributed by atoms with van der Waals surface area (Å²) < 4.78 is 0. The highest BCUT2D eigenvalue weighted by molar-refractivity contribution is 5.52. The summed E-state index contributed by atoms with van der Waals surface area (Å²) in [5.74, 6) is 0.963. The standard InChI is InChI=1S/C19H30N2/c1-3-11-20-14-17-8-9-18(13-15(17)2)21-12-10-16-6-4-5-7-19(16)21/h8-9,13,16,19-20H,3-7,10-12,14H2,1-2H3. The van der Waals surface area contributed by atoms with E-state index in [0.717, 1.165) is 25.0 Å². The van der Waals surface area contributed by atoms with Gasteiger partial charge in [-0.05, 0) is 68.3 Å². The summed E-state index contributed by atoms with van der Waals surface area (Å²) in [6.07, 6.45) is 8.35. The van der Waals surface area contributed by atoms with Gasteiger partial charge < -0.3 is 10.2 Å². The molecule has 2 aliphatic rings. The van der Waals surface area contributed by atoms with Crippen LogP contribution in [0.2, 0.25) is 0 Å². The van der Waals surface area contributed by atoms with E-state index in [-0.39, 0.29) is 0 Å². The summed E-state index contributed by atoms with van der Waals surface area (Å²) in [6, 6.07) is 7.93. The Morgan fingerprint density at radius 2 is 2.05 bits per heavy atom. The zero-order valence-electron chi connectivity index (χ0n) is 13.7. The number of rotatable bonds is 5. The highest BCUT2D eigenvalue weighted by atomic mass is 15.2. The van der Waals surface area contributed by atoms with Crippen molar-refractivity contribution in [2.45, 2.75) is 65.0 Å².